The van der Waals surface area contributed by atoms with Gasteiger partial charge in [0.05, 0.1) is 17.0 Å². The van der Waals surface area contributed by atoms with E-state index in [2.05, 4.69) is 10.6 Å². The lowest BCUT2D eigenvalue weighted by atomic mass is 9.72. The fourth-order valence-corrected chi connectivity index (χ4v) is 4.13. The van der Waals surface area contributed by atoms with Gasteiger partial charge in [-0.15, -0.1) is 0 Å². The van der Waals surface area contributed by atoms with Crippen molar-refractivity contribution in [2.24, 2.45) is 0 Å². The molecule has 2 aromatic rings. The summed E-state index contributed by atoms with van der Waals surface area (Å²) in [6, 6.07) is 12.2. The van der Waals surface area contributed by atoms with Crippen molar-refractivity contribution in [1.29, 1.82) is 0 Å². The van der Waals surface area contributed by atoms with Gasteiger partial charge in [-0.05, 0) is 55.2 Å². The van der Waals surface area contributed by atoms with Crippen LogP contribution >= 0.6 is 23.2 Å². The van der Waals surface area contributed by atoms with Gasteiger partial charge in [-0.1, -0.05) is 42.3 Å². The second-order valence-corrected chi connectivity index (χ2v) is 8.31. The highest BCUT2D eigenvalue weighted by Gasteiger charge is 2.42. The molecule has 2 aromatic carbocycles. The molecular formula is C23H24Cl2N2O4. The lowest BCUT2D eigenvalue weighted by molar-refractivity contribution is -0.138. The minimum atomic E-state index is -0.712. The molecule has 6 nitrogen and oxygen atoms in total. The topological polar surface area (TPSA) is 84.5 Å². The second kappa shape index (κ2) is 10.2. The molecule has 1 aliphatic rings. The molecule has 1 heterocycles. The first kappa shape index (κ1) is 23.1. The number of carbonyl (C=O) groups is 3. The lowest BCUT2D eigenvalue weighted by Gasteiger charge is -2.35. The van der Waals surface area contributed by atoms with E-state index >= 15 is 0 Å². The van der Waals surface area contributed by atoms with Gasteiger partial charge in [-0.3, -0.25) is 19.7 Å². The van der Waals surface area contributed by atoms with Crippen LogP contribution in [-0.4, -0.2) is 24.3 Å². The van der Waals surface area contributed by atoms with Crippen LogP contribution in [0.1, 0.15) is 44.6 Å². The van der Waals surface area contributed by atoms with Gasteiger partial charge in [0.25, 0.3) is 0 Å². The molecule has 1 fully saturated rings. The number of amides is 3. The standard InChI is InChI=1S/C23H24Cl2N2O4/c1-2-23(12-11-21(29)27-22(23)30)15-5-8-17(9-6-15)26-20(28)4-3-13-31-19-10-7-16(24)14-18(19)25/h5-10,14H,2-4,11-13H2,1H3,(H,26,28)(H,27,29,30). The molecule has 0 saturated carbocycles. The van der Waals surface area contributed by atoms with Gasteiger partial charge in [0.2, 0.25) is 17.7 Å². The summed E-state index contributed by atoms with van der Waals surface area (Å²) >= 11 is 11.9. The summed E-state index contributed by atoms with van der Waals surface area (Å²) in [6.45, 7) is 2.28. The molecule has 164 valence electrons. The Balaban J connectivity index is 1.50. The summed E-state index contributed by atoms with van der Waals surface area (Å²) in [6.07, 6.45) is 2.21. The Morgan fingerprint density at radius 2 is 1.90 bits per heavy atom. The van der Waals surface area contributed by atoms with Gasteiger partial charge >= 0.3 is 0 Å². The van der Waals surface area contributed by atoms with E-state index in [1.807, 2.05) is 19.1 Å². The Morgan fingerprint density at radius 3 is 2.55 bits per heavy atom. The van der Waals surface area contributed by atoms with E-state index in [9.17, 15) is 14.4 Å². The molecule has 1 aliphatic heterocycles. The number of rotatable bonds is 8. The third-order valence-electron chi connectivity index (χ3n) is 5.49. The monoisotopic (exact) mass is 462 g/mol. The van der Waals surface area contributed by atoms with Crippen molar-refractivity contribution in [2.75, 3.05) is 11.9 Å². The molecule has 0 radical (unpaired) electrons. The zero-order valence-corrected chi connectivity index (χ0v) is 18.7. The Labute approximate surface area is 191 Å². The van der Waals surface area contributed by atoms with Crippen LogP contribution in [-0.2, 0) is 19.8 Å². The molecule has 3 rings (SSSR count). The average molecular weight is 463 g/mol. The van der Waals surface area contributed by atoms with Crippen molar-refractivity contribution < 1.29 is 19.1 Å². The number of anilines is 1. The van der Waals surface area contributed by atoms with Crippen LogP contribution in [0.25, 0.3) is 0 Å². The van der Waals surface area contributed by atoms with Crippen LogP contribution in [0.15, 0.2) is 42.5 Å². The van der Waals surface area contributed by atoms with Crippen LogP contribution in [0.2, 0.25) is 10.0 Å². The molecule has 0 bridgehead atoms. The number of imide groups is 1. The maximum absolute atomic E-state index is 12.5. The van der Waals surface area contributed by atoms with Crippen LogP contribution in [0, 0.1) is 0 Å². The largest absolute Gasteiger partial charge is 0.492 e. The van der Waals surface area contributed by atoms with Crippen molar-refractivity contribution in [3.63, 3.8) is 0 Å². The normalized spacial score (nSPS) is 18.4. The molecular weight excluding hydrogens is 439 g/mol. The van der Waals surface area contributed by atoms with E-state index in [-0.39, 0.29) is 24.1 Å². The molecule has 8 heteroatoms. The molecule has 3 amide bonds. The molecule has 0 spiro atoms. The van der Waals surface area contributed by atoms with Crippen LogP contribution in [0.4, 0.5) is 5.69 Å². The van der Waals surface area contributed by atoms with Crippen LogP contribution in [0.5, 0.6) is 5.75 Å². The summed E-state index contributed by atoms with van der Waals surface area (Å²) in [5.74, 6) is -0.103. The zero-order chi connectivity index (χ0) is 22.4. The fourth-order valence-electron chi connectivity index (χ4n) is 3.67. The first-order valence-electron chi connectivity index (χ1n) is 10.2. The average Bonchev–Trinajstić information content (AvgIpc) is 2.74. The Kier molecular flexibility index (Phi) is 7.57. The van der Waals surface area contributed by atoms with Crippen molar-refractivity contribution in [3.05, 3.63) is 58.1 Å². The first-order valence-corrected chi connectivity index (χ1v) is 10.9. The number of hydrogen-bond donors (Lipinski definition) is 2. The van der Waals surface area contributed by atoms with Crippen molar-refractivity contribution in [3.8, 4) is 5.75 Å². The van der Waals surface area contributed by atoms with Crippen LogP contribution < -0.4 is 15.4 Å². The Morgan fingerprint density at radius 1 is 1.16 bits per heavy atom. The minimum absolute atomic E-state index is 0.134. The van der Waals surface area contributed by atoms with E-state index in [0.717, 1.165) is 5.56 Å². The zero-order valence-electron chi connectivity index (χ0n) is 17.2. The molecule has 0 aliphatic carbocycles. The number of carbonyl (C=O) groups excluding carboxylic acids is 3. The minimum Gasteiger partial charge on any atom is -0.492 e. The summed E-state index contributed by atoms with van der Waals surface area (Å²) in [7, 11) is 0. The Hall–Kier alpha value is -2.57. The van der Waals surface area contributed by atoms with E-state index in [1.165, 1.54) is 0 Å². The first-order chi connectivity index (χ1) is 14.8. The molecule has 2 N–H and O–H groups in total. The predicted molar refractivity (Wildman–Crippen MR) is 121 cm³/mol. The highest BCUT2D eigenvalue weighted by atomic mass is 35.5. The van der Waals surface area contributed by atoms with E-state index in [4.69, 9.17) is 27.9 Å². The van der Waals surface area contributed by atoms with Gasteiger partial charge in [0, 0.05) is 23.6 Å². The van der Waals surface area contributed by atoms with E-state index in [1.54, 1.807) is 30.3 Å². The number of benzene rings is 2. The third-order valence-corrected chi connectivity index (χ3v) is 6.02. The Bertz CT molecular complexity index is 978. The van der Waals surface area contributed by atoms with Gasteiger partial charge in [0.15, 0.2) is 0 Å². The molecule has 1 unspecified atom stereocenters. The number of hydrogen-bond acceptors (Lipinski definition) is 4. The highest BCUT2D eigenvalue weighted by molar-refractivity contribution is 6.35. The number of halogens is 2. The van der Waals surface area contributed by atoms with Crippen molar-refractivity contribution in [2.45, 2.75) is 44.4 Å². The molecule has 0 aromatic heterocycles. The lowest BCUT2D eigenvalue weighted by Crippen LogP contribution is -2.51. The van der Waals surface area contributed by atoms with E-state index < -0.39 is 5.41 Å². The van der Waals surface area contributed by atoms with Crippen molar-refractivity contribution >= 4 is 46.6 Å². The summed E-state index contributed by atoms with van der Waals surface area (Å²) in [5, 5.41) is 6.25. The smallest absolute Gasteiger partial charge is 0.237 e. The van der Waals surface area contributed by atoms with Gasteiger partial charge in [-0.2, -0.15) is 0 Å². The molecule has 1 atom stereocenters. The fraction of sp³-hybridized carbons (Fsp3) is 0.348. The SMILES string of the molecule is CCC1(c2ccc(NC(=O)CCCOc3ccc(Cl)cc3Cl)cc2)CCC(=O)NC1=O. The number of ether oxygens (including phenoxy) is 1. The summed E-state index contributed by atoms with van der Waals surface area (Å²) in [4.78, 5) is 36.2. The number of nitrogens with one attached hydrogen (secondary N) is 2. The molecule has 31 heavy (non-hydrogen) atoms. The summed E-state index contributed by atoms with van der Waals surface area (Å²) in [5.41, 5.74) is 0.775. The van der Waals surface area contributed by atoms with Gasteiger partial charge in [-0.25, -0.2) is 0 Å². The second-order valence-electron chi connectivity index (χ2n) is 7.47. The number of piperidine rings is 1. The molecule has 1 saturated heterocycles. The van der Waals surface area contributed by atoms with Gasteiger partial charge in [0.1, 0.15) is 5.75 Å². The predicted octanol–water partition coefficient (Wildman–Crippen LogP) is 4.88. The van der Waals surface area contributed by atoms with E-state index in [0.29, 0.717) is 53.8 Å². The van der Waals surface area contributed by atoms with Gasteiger partial charge < -0.3 is 10.1 Å². The third kappa shape index (κ3) is 5.57. The van der Waals surface area contributed by atoms with Crippen molar-refractivity contribution in [1.82, 2.24) is 5.32 Å². The van der Waals surface area contributed by atoms with Crippen LogP contribution in [0.3, 0.4) is 0 Å². The highest BCUT2D eigenvalue weighted by Crippen LogP contribution is 2.36. The maximum Gasteiger partial charge on any atom is 0.237 e. The summed E-state index contributed by atoms with van der Waals surface area (Å²) < 4.78 is 5.58. The quantitative estimate of drug-likeness (QED) is 0.432. The maximum atomic E-state index is 12.5.